The van der Waals surface area contributed by atoms with Gasteiger partial charge in [0.05, 0.1) is 31.1 Å². The number of nitrogens with zero attached hydrogens (tertiary/aromatic N) is 4. The van der Waals surface area contributed by atoms with E-state index in [9.17, 15) is 4.79 Å². The maximum atomic E-state index is 11.6. The summed E-state index contributed by atoms with van der Waals surface area (Å²) in [6, 6.07) is 7.67. The van der Waals surface area contributed by atoms with Gasteiger partial charge >= 0.3 is 0 Å². The molecule has 1 aliphatic heterocycles. The fraction of sp³-hybridized carbons (Fsp3) is 0.412. The molecule has 126 valence electrons. The molecule has 0 aromatic carbocycles. The molecule has 7 heteroatoms. The van der Waals surface area contributed by atoms with Gasteiger partial charge < -0.3 is 15.0 Å². The molecule has 24 heavy (non-hydrogen) atoms. The monoisotopic (exact) mass is 327 g/mol. The minimum Gasteiger partial charge on any atom is -0.368 e. The smallest absolute Gasteiger partial charge is 0.219 e. The van der Waals surface area contributed by atoms with Crippen LogP contribution in [0.25, 0.3) is 0 Å². The van der Waals surface area contributed by atoms with Crippen molar-refractivity contribution in [3.05, 3.63) is 47.7 Å². The molecule has 0 bridgehead atoms. The Balaban J connectivity index is 1.72. The van der Waals surface area contributed by atoms with Gasteiger partial charge in [0.25, 0.3) is 0 Å². The van der Waals surface area contributed by atoms with Gasteiger partial charge in [0.15, 0.2) is 0 Å². The van der Waals surface area contributed by atoms with Crippen LogP contribution >= 0.6 is 0 Å². The number of hydrogen-bond acceptors (Lipinski definition) is 6. The van der Waals surface area contributed by atoms with Crippen molar-refractivity contribution in [3.8, 4) is 0 Å². The van der Waals surface area contributed by atoms with Gasteiger partial charge in [-0.15, -0.1) is 0 Å². The molecule has 0 spiro atoms. The summed E-state index contributed by atoms with van der Waals surface area (Å²) in [4.78, 5) is 26.5. The van der Waals surface area contributed by atoms with E-state index in [0.717, 1.165) is 17.2 Å². The Labute approximate surface area is 141 Å². The van der Waals surface area contributed by atoms with Gasteiger partial charge in [0.2, 0.25) is 5.91 Å². The predicted octanol–water partition coefficient (Wildman–Crippen LogP) is 1.71. The first-order valence-corrected chi connectivity index (χ1v) is 7.98. The SMILES string of the molecule is CC(=O)N1CCOC(c2cc(NCc3ccccn3)nc(C)n2)C1. The molecule has 1 amide bonds. The fourth-order valence-corrected chi connectivity index (χ4v) is 2.64. The third-order valence-electron chi connectivity index (χ3n) is 3.88. The highest BCUT2D eigenvalue weighted by Crippen LogP contribution is 2.22. The average molecular weight is 327 g/mol. The molecule has 3 heterocycles. The first-order chi connectivity index (χ1) is 11.6. The summed E-state index contributed by atoms with van der Waals surface area (Å²) in [6.07, 6.45) is 1.54. The molecular weight excluding hydrogens is 306 g/mol. The normalized spacial score (nSPS) is 17.6. The number of carbonyl (C=O) groups excluding carboxylic acids is 1. The fourth-order valence-electron chi connectivity index (χ4n) is 2.64. The van der Waals surface area contributed by atoms with Crippen molar-refractivity contribution in [2.45, 2.75) is 26.5 Å². The Morgan fingerprint density at radius 3 is 3.04 bits per heavy atom. The molecule has 2 aromatic heterocycles. The lowest BCUT2D eigenvalue weighted by Crippen LogP contribution is -2.41. The Morgan fingerprint density at radius 1 is 1.42 bits per heavy atom. The average Bonchev–Trinajstić information content (AvgIpc) is 2.60. The predicted molar refractivity (Wildman–Crippen MR) is 89.3 cm³/mol. The third-order valence-corrected chi connectivity index (χ3v) is 3.88. The minimum atomic E-state index is -0.222. The zero-order valence-electron chi connectivity index (χ0n) is 13.9. The van der Waals surface area contributed by atoms with E-state index in [0.29, 0.717) is 32.1 Å². The highest BCUT2D eigenvalue weighted by atomic mass is 16.5. The van der Waals surface area contributed by atoms with E-state index in [2.05, 4.69) is 20.3 Å². The lowest BCUT2D eigenvalue weighted by Gasteiger charge is -2.32. The van der Waals surface area contributed by atoms with Crippen molar-refractivity contribution in [1.82, 2.24) is 19.9 Å². The summed E-state index contributed by atoms with van der Waals surface area (Å²) < 4.78 is 5.79. The maximum absolute atomic E-state index is 11.6. The van der Waals surface area contributed by atoms with Gasteiger partial charge in [-0.2, -0.15) is 0 Å². The van der Waals surface area contributed by atoms with Crippen LogP contribution in [0.3, 0.4) is 0 Å². The second kappa shape index (κ2) is 7.35. The highest BCUT2D eigenvalue weighted by molar-refractivity contribution is 5.73. The van der Waals surface area contributed by atoms with Crippen molar-refractivity contribution in [2.24, 2.45) is 0 Å². The van der Waals surface area contributed by atoms with Crippen LogP contribution in [-0.4, -0.2) is 45.5 Å². The standard InChI is InChI=1S/C17H21N5O2/c1-12-20-15(16-11-22(13(2)23)7-8-24-16)9-17(21-12)19-10-14-5-3-4-6-18-14/h3-6,9,16H,7-8,10-11H2,1-2H3,(H,19,20,21). The van der Waals surface area contributed by atoms with Gasteiger partial charge in [-0.25, -0.2) is 9.97 Å². The summed E-state index contributed by atoms with van der Waals surface area (Å²) in [5, 5.41) is 3.27. The van der Waals surface area contributed by atoms with Crippen molar-refractivity contribution in [2.75, 3.05) is 25.0 Å². The zero-order valence-corrected chi connectivity index (χ0v) is 13.9. The Kier molecular flexibility index (Phi) is 5.00. The summed E-state index contributed by atoms with van der Waals surface area (Å²) in [7, 11) is 0. The number of anilines is 1. The molecule has 0 aliphatic carbocycles. The molecule has 1 fully saturated rings. The number of pyridine rings is 1. The lowest BCUT2D eigenvalue weighted by atomic mass is 10.2. The quantitative estimate of drug-likeness (QED) is 0.921. The number of ether oxygens (including phenoxy) is 1. The number of hydrogen-bond donors (Lipinski definition) is 1. The molecule has 1 saturated heterocycles. The van der Waals surface area contributed by atoms with Gasteiger partial charge in [-0.05, 0) is 19.1 Å². The first kappa shape index (κ1) is 16.3. The zero-order chi connectivity index (χ0) is 16.9. The second-order valence-corrected chi connectivity index (χ2v) is 5.72. The third kappa shape index (κ3) is 4.05. The molecule has 1 atom stereocenters. The van der Waals surface area contributed by atoms with Crippen LogP contribution in [0.5, 0.6) is 0 Å². The van der Waals surface area contributed by atoms with Crippen LogP contribution in [0, 0.1) is 6.92 Å². The maximum Gasteiger partial charge on any atom is 0.219 e. The highest BCUT2D eigenvalue weighted by Gasteiger charge is 2.25. The van der Waals surface area contributed by atoms with Gasteiger partial charge in [-0.1, -0.05) is 6.07 Å². The number of rotatable bonds is 4. The van der Waals surface area contributed by atoms with E-state index >= 15 is 0 Å². The van der Waals surface area contributed by atoms with E-state index in [4.69, 9.17) is 4.74 Å². The van der Waals surface area contributed by atoms with E-state index in [1.165, 1.54) is 0 Å². The summed E-state index contributed by atoms with van der Waals surface area (Å²) in [5.74, 6) is 1.45. The molecule has 1 aliphatic rings. The Bertz CT molecular complexity index is 707. The van der Waals surface area contributed by atoms with E-state index < -0.39 is 0 Å². The first-order valence-electron chi connectivity index (χ1n) is 7.98. The second-order valence-electron chi connectivity index (χ2n) is 5.72. The van der Waals surface area contributed by atoms with Crippen LogP contribution < -0.4 is 5.32 Å². The lowest BCUT2D eigenvalue weighted by molar-refractivity contribution is -0.136. The molecule has 3 rings (SSSR count). The van der Waals surface area contributed by atoms with Crippen molar-refractivity contribution in [3.63, 3.8) is 0 Å². The molecule has 0 saturated carbocycles. The molecule has 2 aromatic rings. The number of aryl methyl sites for hydroxylation is 1. The molecular formula is C17H21N5O2. The van der Waals surface area contributed by atoms with Crippen molar-refractivity contribution in [1.29, 1.82) is 0 Å². The number of aromatic nitrogens is 3. The van der Waals surface area contributed by atoms with Crippen LogP contribution in [0.4, 0.5) is 5.82 Å². The summed E-state index contributed by atoms with van der Waals surface area (Å²) in [5.41, 5.74) is 1.73. The molecule has 1 unspecified atom stereocenters. The van der Waals surface area contributed by atoms with Crippen LogP contribution in [0.2, 0.25) is 0 Å². The largest absolute Gasteiger partial charge is 0.368 e. The number of carbonyl (C=O) groups is 1. The van der Waals surface area contributed by atoms with Crippen LogP contribution in [0.15, 0.2) is 30.5 Å². The van der Waals surface area contributed by atoms with E-state index in [-0.39, 0.29) is 12.0 Å². The van der Waals surface area contributed by atoms with Crippen molar-refractivity contribution < 1.29 is 9.53 Å². The van der Waals surface area contributed by atoms with E-state index in [1.54, 1.807) is 18.0 Å². The van der Waals surface area contributed by atoms with Crippen LogP contribution in [-0.2, 0) is 16.1 Å². The number of amides is 1. The molecule has 0 radical (unpaired) electrons. The Morgan fingerprint density at radius 2 is 2.29 bits per heavy atom. The van der Waals surface area contributed by atoms with Gasteiger partial charge in [-0.3, -0.25) is 9.78 Å². The number of nitrogens with one attached hydrogen (secondary N) is 1. The number of morpholine rings is 1. The van der Waals surface area contributed by atoms with Crippen LogP contribution in [0.1, 0.15) is 30.2 Å². The minimum absolute atomic E-state index is 0.0579. The summed E-state index contributed by atoms with van der Waals surface area (Å²) >= 11 is 0. The summed E-state index contributed by atoms with van der Waals surface area (Å²) in [6.45, 7) is 5.67. The topological polar surface area (TPSA) is 80.2 Å². The van der Waals surface area contributed by atoms with Crippen molar-refractivity contribution >= 4 is 11.7 Å². The molecule has 7 nitrogen and oxygen atoms in total. The van der Waals surface area contributed by atoms with Gasteiger partial charge in [0, 0.05) is 25.7 Å². The van der Waals surface area contributed by atoms with E-state index in [1.807, 2.05) is 31.2 Å². The molecule has 1 N–H and O–H groups in total. The van der Waals surface area contributed by atoms with Gasteiger partial charge in [0.1, 0.15) is 17.7 Å². The Hall–Kier alpha value is -2.54.